The van der Waals surface area contributed by atoms with Crippen molar-refractivity contribution in [1.29, 1.82) is 0 Å². The normalized spacial score (nSPS) is 16.5. The molecule has 4 N–H and O–H groups in total. The van der Waals surface area contributed by atoms with Crippen LogP contribution in [0.25, 0.3) is 0 Å². The zero-order chi connectivity index (χ0) is 22.6. The van der Waals surface area contributed by atoms with Gasteiger partial charge in [-0.3, -0.25) is 5.32 Å². The summed E-state index contributed by atoms with van der Waals surface area (Å²) in [5.41, 5.74) is -0.874. The molecule has 2 heterocycles. The predicted molar refractivity (Wildman–Crippen MR) is 115 cm³/mol. The van der Waals surface area contributed by atoms with Crippen LogP contribution in [-0.2, 0) is 6.18 Å². The number of alkyl halides is 3. The van der Waals surface area contributed by atoms with E-state index in [9.17, 15) is 18.0 Å². The number of rotatable bonds is 5. The first kappa shape index (κ1) is 22.9. The molecule has 8 nitrogen and oxygen atoms in total. The van der Waals surface area contributed by atoms with Crippen molar-refractivity contribution in [3.05, 3.63) is 34.9 Å². The summed E-state index contributed by atoms with van der Waals surface area (Å²) < 4.78 is 38.5. The third kappa shape index (κ3) is 6.34. The number of carbonyl (C=O) groups excluding carboxylic acids is 1. The maximum Gasteiger partial charge on any atom is 0.417 e. The van der Waals surface area contributed by atoms with E-state index in [0.717, 1.165) is 44.1 Å². The zero-order valence-electron chi connectivity index (χ0n) is 17.0. The molecule has 1 atom stereocenters. The largest absolute Gasteiger partial charge is 0.417 e. The van der Waals surface area contributed by atoms with Crippen LogP contribution in [0, 0.1) is 0 Å². The number of benzene rings is 1. The van der Waals surface area contributed by atoms with Crippen LogP contribution in [0.3, 0.4) is 0 Å². The van der Waals surface area contributed by atoms with E-state index < -0.39 is 22.8 Å². The fraction of sp³-hybridized carbons (Fsp3) is 0.421. The Morgan fingerprint density at radius 3 is 2.61 bits per heavy atom. The van der Waals surface area contributed by atoms with Crippen LogP contribution in [-0.4, -0.2) is 49.2 Å². The number of anilines is 4. The SMILES string of the molecule is CN(C)c1cc(NC2CCCNC2)nc(NC(=O)Nc2ccc(C(F)(F)F)c(Cl)c2)n1. The Balaban J connectivity index is 1.71. The van der Waals surface area contributed by atoms with E-state index in [1.165, 1.54) is 0 Å². The van der Waals surface area contributed by atoms with Crippen LogP contribution in [0.15, 0.2) is 24.3 Å². The van der Waals surface area contributed by atoms with Gasteiger partial charge in [0.1, 0.15) is 11.6 Å². The van der Waals surface area contributed by atoms with Crippen LogP contribution in [0.1, 0.15) is 18.4 Å². The lowest BCUT2D eigenvalue weighted by atomic mass is 10.1. The lowest BCUT2D eigenvalue weighted by Crippen LogP contribution is -2.38. The van der Waals surface area contributed by atoms with Crippen molar-refractivity contribution in [2.45, 2.75) is 25.1 Å². The Morgan fingerprint density at radius 1 is 1.23 bits per heavy atom. The van der Waals surface area contributed by atoms with Crippen molar-refractivity contribution in [2.24, 2.45) is 0 Å². The molecule has 1 aromatic heterocycles. The molecule has 1 aliphatic heterocycles. The van der Waals surface area contributed by atoms with Crippen molar-refractivity contribution in [1.82, 2.24) is 15.3 Å². The Hall–Kier alpha value is -2.79. The van der Waals surface area contributed by atoms with E-state index in [1.54, 1.807) is 11.0 Å². The lowest BCUT2D eigenvalue weighted by Gasteiger charge is -2.25. The van der Waals surface area contributed by atoms with Crippen LogP contribution >= 0.6 is 11.6 Å². The Bertz CT molecular complexity index is 933. The molecule has 31 heavy (non-hydrogen) atoms. The van der Waals surface area contributed by atoms with Gasteiger partial charge in [0.05, 0.1) is 10.6 Å². The van der Waals surface area contributed by atoms with Crippen molar-refractivity contribution in [3.8, 4) is 0 Å². The molecule has 2 amide bonds. The highest BCUT2D eigenvalue weighted by Crippen LogP contribution is 2.35. The first-order chi connectivity index (χ1) is 14.6. The molecular formula is C19H23ClF3N7O. The second-order valence-electron chi connectivity index (χ2n) is 7.29. The number of hydrogen-bond donors (Lipinski definition) is 4. The highest BCUT2D eigenvalue weighted by atomic mass is 35.5. The summed E-state index contributed by atoms with van der Waals surface area (Å²) >= 11 is 5.69. The fourth-order valence-corrected chi connectivity index (χ4v) is 3.35. The minimum Gasteiger partial charge on any atom is -0.366 e. The van der Waals surface area contributed by atoms with Crippen LogP contribution in [0.2, 0.25) is 5.02 Å². The molecule has 3 rings (SSSR count). The fourth-order valence-electron chi connectivity index (χ4n) is 3.06. The summed E-state index contributed by atoms with van der Waals surface area (Å²) in [6.07, 6.45) is -2.53. The molecule has 1 aliphatic rings. The van der Waals surface area contributed by atoms with Crippen LogP contribution < -0.4 is 26.2 Å². The first-order valence-corrected chi connectivity index (χ1v) is 9.98. The second kappa shape index (κ2) is 9.56. The maximum atomic E-state index is 12.8. The average molecular weight is 458 g/mol. The molecule has 168 valence electrons. The van der Waals surface area contributed by atoms with E-state index in [0.29, 0.717) is 11.6 Å². The topological polar surface area (TPSA) is 94.2 Å². The van der Waals surface area contributed by atoms with E-state index in [4.69, 9.17) is 11.6 Å². The number of nitrogens with zero attached hydrogens (tertiary/aromatic N) is 3. The highest BCUT2D eigenvalue weighted by molar-refractivity contribution is 6.31. The van der Waals surface area contributed by atoms with Gasteiger partial charge in [0.15, 0.2) is 0 Å². The van der Waals surface area contributed by atoms with Gasteiger partial charge in [0.25, 0.3) is 0 Å². The minimum absolute atomic E-state index is 0.0491. The summed E-state index contributed by atoms with van der Waals surface area (Å²) in [6.45, 7) is 1.78. The zero-order valence-corrected chi connectivity index (χ0v) is 17.7. The quantitative estimate of drug-likeness (QED) is 0.542. The monoisotopic (exact) mass is 457 g/mol. The van der Waals surface area contributed by atoms with Gasteiger partial charge < -0.3 is 20.9 Å². The van der Waals surface area contributed by atoms with E-state index in [-0.39, 0.29) is 17.7 Å². The van der Waals surface area contributed by atoms with Gasteiger partial charge in [0.2, 0.25) is 5.95 Å². The molecule has 2 aromatic rings. The number of urea groups is 1. The third-order valence-electron chi connectivity index (χ3n) is 4.58. The predicted octanol–water partition coefficient (Wildman–Crippen LogP) is 4.02. The summed E-state index contributed by atoms with van der Waals surface area (Å²) in [5.74, 6) is 1.18. The van der Waals surface area contributed by atoms with Gasteiger partial charge >= 0.3 is 12.2 Å². The van der Waals surface area contributed by atoms with Crippen LogP contribution in [0.4, 0.5) is 41.2 Å². The van der Waals surface area contributed by atoms with Crippen molar-refractivity contribution in [2.75, 3.05) is 48.0 Å². The highest BCUT2D eigenvalue weighted by Gasteiger charge is 2.33. The van der Waals surface area contributed by atoms with Crippen molar-refractivity contribution < 1.29 is 18.0 Å². The molecule has 12 heteroatoms. The molecule has 0 spiro atoms. The number of carbonyl (C=O) groups is 1. The minimum atomic E-state index is -4.57. The molecular weight excluding hydrogens is 435 g/mol. The van der Waals surface area contributed by atoms with Gasteiger partial charge in [-0.25, -0.2) is 4.79 Å². The van der Waals surface area contributed by atoms with Gasteiger partial charge in [0, 0.05) is 38.4 Å². The Kier molecular flexibility index (Phi) is 7.06. The number of piperidine rings is 1. The molecule has 1 unspecified atom stereocenters. The summed E-state index contributed by atoms with van der Waals surface area (Å²) in [7, 11) is 3.62. The van der Waals surface area contributed by atoms with Gasteiger partial charge in [-0.15, -0.1) is 0 Å². The number of nitrogens with one attached hydrogen (secondary N) is 4. The summed E-state index contributed by atoms with van der Waals surface area (Å²) in [5, 5.41) is 11.1. The standard InChI is InChI=1S/C19H23ClF3N7O/c1-30(2)16-9-15(25-12-4-3-7-24-10-12)27-17(28-16)29-18(31)26-11-5-6-13(14(20)8-11)19(21,22)23/h5-6,8-9,12,24H,3-4,7,10H2,1-2H3,(H3,25,26,27,28,29,31). The Morgan fingerprint density at radius 2 is 2.00 bits per heavy atom. The van der Waals surface area contributed by atoms with E-state index in [2.05, 4.69) is 31.2 Å². The number of aromatic nitrogens is 2. The smallest absolute Gasteiger partial charge is 0.366 e. The van der Waals surface area contributed by atoms with Crippen molar-refractivity contribution >= 4 is 40.9 Å². The molecule has 0 bridgehead atoms. The molecule has 1 aromatic carbocycles. The maximum absolute atomic E-state index is 12.8. The third-order valence-corrected chi connectivity index (χ3v) is 4.89. The number of halogens is 4. The number of hydrogen-bond acceptors (Lipinski definition) is 6. The lowest BCUT2D eigenvalue weighted by molar-refractivity contribution is -0.137. The number of amides is 2. The molecule has 0 saturated carbocycles. The Labute approximate surface area is 182 Å². The van der Waals surface area contributed by atoms with Crippen LogP contribution in [0.5, 0.6) is 0 Å². The molecule has 1 fully saturated rings. The van der Waals surface area contributed by atoms with E-state index in [1.807, 2.05) is 14.1 Å². The first-order valence-electron chi connectivity index (χ1n) is 9.60. The molecule has 0 aliphatic carbocycles. The van der Waals surface area contributed by atoms with Gasteiger partial charge in [-0.05, 0) is 37.6 Å². The van der Waals surface area contributed by atoms with Crippen molar-refractivity contribution in [3.63, 3.8) is 0 Å². The van der Waals surface area contributed by atoms with Gasteiger partial charge in [-0.1, -0.05) is 11.6 Å². The summed E-state index contributed by atoms with van der Waals surface area (Å²) in [6, 6.07) is 4.22. The molecule has 0 radical (unpaired) electrons. The summed E-state index contributed by atoms with van der Waals surface area (Å²) in [4.78, 5) is 22.7. The average Bonchev–Trinajstić information content (AvgIpc) is 2.67. The van der Waals surface area contributed by atoms with Gasteiger partial charge in [-0.2, -0.15) is 23.1 Å². The van der Waals surface area contributed by atoms with E-state index >= 15 is 0 Å². The second-order valence-corrected chi connectivity index (χ2v) is 7.70. The molecule has 1 saturated heterocycles.